The second-order valence-electron chi connectivity index (χ2n) is 4.58. The first-order chi connectivity index (χ1) is 9.96. The number of halogens is 6. The van der Waals surface area contributed by atoms with Gasteiger partial charge in [-0.2, -0.15) is 31.6 Å². The number of nitrogens with zero attached hydrogens (tertiary/aromatic N) is 1. The monoisotopic (exact) mass is 323 g/mol. The van der Waals surface area contributed by atoms with E-state index in [2.05, 4.69) is 0 Å². The SMILES string of the molecule is CC(O)C(C=Cc1ccc(C#N)c(C(F)(F)F)c1)C(F)(F)F. The first kappa shape index (κ1) is 18.0. The first-order valence-corrected chi connectivity index (χ1v) is 6.01. The quantitative estimate of drug-likeness (QED) is 0.849. The second-order valence-corrected chi connectivity index (χ2v) is 4.58. The third kappa shape index (κ3) is 4.49. The Kier molecular flexibility index (Phi) is 5.25. The van der Waals surface area contributed by atoms with Gasteiger partial charge in [0.2, 0.25) is 0 Å². The van der Waals surface area contributed by atoms with Gasteiger partial charge in [0, 0.05) is 0 Å². The van der Waals surface area contributed by atoms with Crippen LogP contribution in [0, 0.1) is 17.2 Å². The highest BCUT2D eigenvalue weighted by atomic mass is 19.4. The fourth-order valence-electron chi connectivity index (χ4n) is 1.76. The number of rotatable bonds is 3. The topological polar surface area (TPSA) is 44.0 Å². The van der Waals surface area contributed by atoms with Gasteiger partial charge >= 0.3 is 12.4 Å². The highest BCUT2D eigenvalue weighted by molar-refractivity contribution is 5.55. The summed E-state index contributed by atoms with van der Waals surface area (Å²) < 4.78 is 76.1. The molecule has 0 saturated heterocycles. The van der Waals surface area contributed by atoms with E-state index in [1.54, 1.807) is 0 Å². The maximum atomic E-state index is 12.7. The van der Waals surface area contributed by atoms with Crippen LogP contribution in [0.4, 0.5) is 26.3 Å². The summed E-state index contributed by atoms with van der Waals surface area (Å²) in [6.07, 6.45) is -9.82. The highest BCUT2D eigenvalue weighted by Gasteiger charge is 2.40. The molecule has 22 heavy (non-hydrogen) atoms. The Morgan fingerprint density at radius 1 is 1.18 bits per heavy atom. The zero-order chi connectivity index (χ0) is 17.1. The summed E-state index contributed by atoms with van der Waals surface area (Å²) in [6, 6.07) is 3.94. The van der Waals surface area contributed by atoms with Crippen LogP contribution in [0.2, 0.25) is 0 Å². The standard InChI is InChI=1S/C14H11F6NO/c1-8(22)11(13(15,16)17)5-3-9-2-4-10(7-21)12(6-9)14(18,19)20/h2-6,8,11,22H,1H3. The first-order valence-electron chi connectivity index (χ1n) is 6.01. The van der Waals surface area contributed by atoms with Crippen LogP contribution in [-0.2, 0) is 6.18 Å². The summed E-state index contributed by atoms with van der Waals surface area (Å²) in [7, 11) is 0. The molecule has 0 saturated carbocycles. The lowest BCUT2D eigenvalue weighted by Crippen LogP contribution is -2.30. The van der Waals surface area contributed by atoms with Gasteiger partial charge in [0.25, 0.3) is 0 Å². The Labute approximate surface area is 122 Å². The molecule has 0 fully saturated rings. The fraction of sp³-hybridized carbons (Fsp3) is 0.357. The number of benzene rings is 1. The van der Waals surface area contributed by atoms with Crippen LogP contribution < -0.4 is 0 Å². The van der Waals surface area contributed by atoms with Crippen molar-refractivity contribution >= 4 is 6.08 Å². The summed E-state index contributed by atoms with van der Waals surface area (Å²) >= 11 is 0. The minimum absolute atomic E-state index is 0.152. The van der Waals surface area contributed by atoms with Crippen LogP contribution in [0.3, 0.4) is 0 Å². The van der Waals surface area contributed by atoms with E-state index in [0.29, 0.717) is 12.1 Å². The van der Waals surface area contributed by atoms with E-state index in [4.69, 9.17) is 10.4 Å². The van der Waals surface area contributed by atoms with Gasteiger partial charge in [-0.3, -0.25) is 0 Å². The van der Waals surface area contributed by atoms with Crippen molar-refractivity contribution < 1.29 is 31.4 Å². The van der Waals surface area contributed by atoms with Crippen molar-refractivity contribution in [2.24, 2.45) is 5.92 Å². The Bertz CT molecular complexity index is 595. The molecule has 1 N–H and O–H groups in total. The lowest BCUT2D eigenvalue weighted by atomic mass is 9.99. The smallest absolute Gasteiger partial charge is 0.392 e. The van der Waals surface area contributed by atoms with Crippen molar-refractivity contribution in [3.63, 3.8) is 0 Å². The summed E-state index contributed by atoms with van der Waals surface area (Å²) in [5, 5.41) is 17.7. The molecule has 2 atom stereocenters. The largest absolute Gasteiger partial charge is 0.417 e. The average Bonchev–Trinajstić information content (AvgIpc) is 2.35. The van der Waals surface area contributed by atoms with Gasteiger partial charge in [0.05, 0.1) is 29.2 Å². The molecule has 0 aromatic heterocycles. The highest BCUT2D eigenvalue weighted by Crippen LogP contribution is 2.34. The van der Waals surface area contributed by atoms with Crippen LogP contribution in [0.5, 0.6) is 0 Å². The van der Waals surface area contributed by atoms with Gasteiger partial charge in [-0.15, -0.1) is 0 Å². The number of hydrogen-bond donors (Lipinski definition) is 1. The lowest BCUT2D eigenvalue weighted by molar-refractivity contribution is -0.181. The molecule has 0 aliphatic rings. The molecule has 1 aromatic carbocycles. The molecule has 0 heterocycles. The van der Waals surface area contributed by atoms with Crippen LogP contribution in [-0.4, -0.2) is 17.4 Å². The zero-order valence-corrected chi connectivity index (χ0v) is 11.2. The van der Waals surface area contributed by atoms with Gasteiger partial charge < -0.3 is 5.11 Å². The van der Waals surface area contributed by atoms with E-state index in [9.17, 15) is 26.3 Å². The van der Waals surface area contributed by atoms with Crippen molar-refractivity contribution in [2.45, 2.75) is 25.4 Å². The summed E-state index contributed by atoms with van der Waals surface area (Å²) in [4.78, 5) is 0. The predicted octanol–water partition coefficient (Wildman–Crippen LogP) is 4.15. The number of hydrogen-bond acceptors (Lipinski definition) is 2. The Hall–Kier alpha value is -2.01. The minimum Gasteiger partial charge on any atom is -0.392 e. The van der Waals surface area contributed by atoms with Crippen molar-refractivity contribution in [3.05, 3.63) is 41.0 Å². The second kappa shape index (κ2) is 6.40. The van der Waals surface area contributed by atoms with E-state index < -0.39 is 35.5 Å². The van der Waals surface area contributed by atoms with E-state index in [1.165, 1.54) is 6.07 Å². The van der Waals surface area contributed by atoms with Crippen LogP contribution in [0.15, 0.2) is 24.3 Å². The molecule has 1 aromatic rings. The molecule has 2 nitrogen and oxygen atoms in total. The summed E-state index contributed by atoms with van der Waals surface area (Å²) in [6.45, 7) is 0.933. The van der Waals surface area contributed by atoms with Gasteiger partial charge in [-0.05, 0) is 24.6 Å². The fourth-order valence-corrected chi connectivity index (χ4v) is 1.76. The third-order valence-electron chi connectivity index (χ3n) is 2.86. The third-order valence-corrected chi connectivity index (χ3v) is 2.86. The van der Waals surface area contributed by atoms with Gasteiger partial charge in [-0.1, -0.05) is 18.2 Å². The molecule has 0 bridgehead atoms. The van der Waals surface area contributed by atoms with Crippen molar-refractivity contribution in [2.75, 3.05) is 0 Å². The van der Waals surface area contributed by atoms with Gasteiger partial charge in [-0.25, -0.2) is 0 Å². The number of aliphatic hydroxyl groups excluding tert-OH is 1. The zero-order valence-electron chi connectivity index (χ0n) is 11.2. The molecule has 2 unspecified atom stereocenters. The van der Waals surface area contributed by atoms with Crippen LogP contribution in [0.25, 0.3) is 6.08 Å². The molecule has 8 heteroatoms. The van der Waals surface area contributed by atoms with E-state index in [1.807, 2.05) is 0 Å². The van der Waals surface area contributed by atoms with E-state index in [-0.39, 0.29) is 5.56 Å². The number of nitriles is 1. The number of aliphatic hydroxyl groups is 1. The van der Waals surface area contributed by atoms with Gasteiger partial charge in [0.1, 0.15) is 0 Å². The molecule has 0 radical (unpaired) electrons. The maximum Gasteiger partial charge on any atom is 0.417 e. The molecule has 0 aliphatic carbocycles. The number of alkyl halides is 6. The lowest BCUT2D eigenvalue weighted by Gasteiger charge is -2.19. The summed E-state index contributed by atoms with van der Waals surface area (Å²) in [5.74, 6) is -2.20. The molecule has 120 valence electrons. The van der Waals surface area contributed by atoms with Crippen LogP contribution in [0.1, 0.15) is 23.6 Å². The van der Waals surface area contributed by atoms with E-state index >= 15 is 0 Å². The van der Waals surface area contributed by atoms with Gasteiger partial charge in [0.15, 0.2) is 0 Å². The Balaban J connectivity index is 3.19. The molecular weight excluding hydrogens is 312 g/mol. The molecule has 0 spiro atoms. The molecule has 1 rings (SSSR count). The molecular formula is C14H11F6NO. The van der Waals surface area contributed by atoms with Crippen molar-refractivity contribution in [1.82, 2.24) is 0 Å². The average molecular weight is 323 g/mol. The van der Waals surface area contributed by atoms with E-state index in [0.717, 1.165) is 25.1 Å². The Morgan fingerprint density at radius 2 is 1.77 bits per heavy atom. The molecule has 0 aliphatic heterocycles. The summed E-state index contributed by atoms with van der Waals surface area (Å²) in [5.41, 5.74) is -1.99. The Morgan fingerprint density at radius 3 is 2.18 bits per heavy atom. The van der Waals surface area contributed by atoms with Crippen LogP contribution >= 0.6 is 0 Å². The minimum atomic E-state index is -4.79. The maximum absolute atomic E-state index is 12.7. The normalized spacial score (nSPS) is 15.6. The van der Waals surface area contributed by atoms with Crippen molar-refractivity contribution in [1.29, 1.82) is 5.26 Å². The molecule has 0 amide bonds. The van der Waals surface area contributed by atoms with Crippen molar-refractivity contribution in [3.8, 4) is 6.07 Å². The predicted molar refractivity (Wildman–Crippen MR) is 66.4 cm³/mol.